The zero-order valence-corrected chi connectivity index (χ0v) is 9.37. The third kappa shape index (κ3) is 3.14. The Hall–Kier alpha value is 0.576. The summed E-state index contributed by atoms with van der Waals surface area (Å²) in [6.45, 7) is 0. The van der Waals surface area contributed by atoms with Gasteiger partial charge in [0, 0.05) is 5.82 Å². The first-order valence-electron chi connectivity index (χ1n) is 2.75. The standard InChI is InChI=1S/C7H3F4.K/c8-6-4-2-1-3-5(6)7(9,10)11;/h1-3H;/q-1;+1. The van der Waals surface area contributed by atoms with Crippen LogP contribution < -0.4 is 51.4 Å². The molecule has 0 unspecified atom stereocenters. The third-order valence-electron chi connectivity index (χ3n) is 1.11. The van der Waals surface area contributed by atoms with Crippen molar-refractivity contribution in [3.8, 4) is 0 Å². The van der Waals surface area contributed by atoms with Gasteiger partial charge >= 0.3 is 57.6 Å². The van der Waals surface area contributed by atoms with Crippen molar-refractivity contribution in [1.82, 2.24) is 0 Å². The number of hydrogen-bond donors (Lipinski definition) is 0. The van der Waals surface area contributed by atoms with Crippen molar-refractivity contribution in [3.05, 3.63) is 35.6 Å². The van der Waals surface area contributed by atoms with Gasteiger partial charge < -0.3 is 0 Å². The summed E-state index contributed by atoms with van der Waals surface area (Å²) < 4.78 is 47.7. The average Bonchev–Trinajstić information content (AvgIpc) is 1.86. The van der Waals surface area contributed by atoms with Gasteiger partial charge in [0.15, 0.2) is 0 Å². The maximum absolute atomic E-state index is 12.3. The van der Waals surface area contributed by atoms with Gasteiger partial charge in [-0.15, -0.1) is 6.07 Å². The van der Waals surface area contributed by atoms with Crippen LogP contribution >= 0.6 is 0 Å². The number of benzene rings is 1. The minimum Gasteiger partial charge on any atom is -0.236 e. The van der Waals surface area contributed by atoms with Gasteiger partial charge in [-0.2, -0.15) is 31.4 Å². The summed E-state index contributed by atoms with van der Waals surface area (Å²) in [6, 6.07) is 4.67. The fourth-order valence-corrected chi connectivity index (χ4v) is 0.635. The van der Waals surface area contributed by atoms with Crippen LogP contribution in [-0.4, -0.2) is 0 Å². The molecular weight excluding hydrogens is 199 g/mol. The summed E-state index contributed by atoms with van der Waals surface area (Å²) in [5.41, 5.74) is -1.28. The van der Waals surface area contributed by atoms with E-state index in [1.165, 1.54) is 0 Å². The fourth-order valence-electron chi connectivity index (χ4n) is 0.635. The first-order valence-corrected chi connectivity index (χ1v) is 2.75. The van der Waals surface area contributed by atoms with E-state index in [2.05, 4.69) is 0 Å². The molecule has 1 aromatic rings. The third-order valence-corrected chi connectivity index (χ3v) is 1.11. The molecule has 0 spiro atoms. The summed E-state index contributed by atoms with van der Waals surface area (Å²) >= 11 is 0. The van der Waals surface area contributed by atoms with E-state index in [4.69, 9.17) is 0 Å². The van der Waals surface area contributed by atoms with Crippen molar-refractivity contribution in [3.63, 3.8) is 0 Å². The summed E-state index contributed by atoms with van der Waals surface area (Å²) in [4.78, 5) is 0. The number of rotatable bonds is 0. The summed E-state index contributed by atoms with van der Waals surface area (Å²) in [7, 11) is 0. The predicted molar refractivity (Wildman–Crippen MR) is 30.2 cm³/mol. The Labute approximate surface area is 109 Å². The van der Waals surface area contributed by atoms with Gasteiger partial charge in [-0.25, -0.2) is 4.39 Å². The first-order chi connectivity index (χ1) is 5.02. The molecule has 12 heavy (non-hydrogen) atoms. The van der Waals surface area contributed by atoms with Crippen LogP contribution in [0.2, 0.25) is 0 Å². The molecule has 0 heterocycles. The molecule has 0 saturated heterocycles. The molecule has 0 aliphatic carbocycles. The molecule has 1 aromatic carbocycles. The van der Waals surface area contributed by atoms with Crippen LogP contribution in [0.1, 0.15) is 5.56 Å². The average molecular weight is 202 g/mol. The molecular formula is C7H3F4K. The van der Waals surface area contributed by atoms with E-state index in [-0.39, 0.29) is 51.4 Å². The van der Waals surface area contributed by atoms with Crippen LogP contribution in [0.3, 0.4) is 0 Å². The van der Waals surface area contributed by atoms with Crippen molar-refractivity contribution in [2.75, 3.05) is 0 Å². The molecule has 60 valence electrons. The van der Waals surface area contributed by atoms with Crippen LogP contribution in [-0.2, 0) is 6.18 Å². The predicted octanol–water partition coefficient (Wildman–Crippen LogP) is -0.351. The molecule has 0 nitrogen and oxygen atoms in total. The van der Waals surface area contributed by atoms with E-state index in [9.17, 15) is 17.6 Å². The molecule has 0 fully saturated rings. The molecule has 0 saturated carbocycles. The van der Waals surface area contributed by atoms with Gasteiger partial charge in [-0.05, 0) is 5.56 Å². The molecule has 0 aromatic heterocycles. The Morgan fingerprint density at radius 2 is 1.83 bits per heavy atom. The van der Waals surface area contributed by atoms with Crippen LogP contribution in [0.5, 0.6) is 0 Å². The minimum absolute atomic E-state index is 0. The Morgan fingerprint density at radius 3 is 2.17 bits per heavy atom. The zero-order valence-electron chi connectivity index (χ0n) is 6.24. The molecule has 0 radical (unpaired) electrons. The molecule has 0 amide bonds. The number of halogens is 4. The van der Waals surface area contributed by atoms with Crippen LogP contribution in [0.4, 0.5) is 17.6 Å². The number of alkyl halides is 3. The van der Waals surface area contributed by atoms with E-state index in [1.807, 2.05) is 6.07 Å². The van der Waals surface area contributed by atoms with Crippen LogP contribution in [0.15, 0.2) is 18.2 Å². The fraction of sp³-hybridized carbons (Fsp3) is 0.143. The second-order valence-corrected chi connectivity index (χ2v) is 1.90. The maximum atomic E-state index is 12.3. The normalized spacial score (nSPS) is 10.7. The second-order valence-electron chi connectivity index (χ2n) is 1.90. The molecule has 0 atom stereocenters. The monoisotopic (exact) mass is 202 g/mol. The van der Waals surface area contributed by atoms with Gasteiger partial charge in [0.1, 0.15) is 0 Å². The van der Waals surface area contributed by atoms with Crippen LogP contribution in [0.25, 0.3) is 0 Å². The van der Waals surface area contributed by atoms with Crippen molar-refractivity contribution in [2.45, 2.75) is 6.18 Å². The van der Waals surface area contributed by atoms with Gasteiger partial charge in [-0.3, -0.25) is 0 Å². The van der Waals surface area contributed by atoms with Gasteiger partial charge in [0.2, 0.25) is 0 Å². The molecule has 0 aliphatic rings. The summed E-state index contributed by atoms with van der Waals surface area (Å²) in [6.07, 6.45) is -4.62. The van der Waals surface area contributed by atoms with Crippen molar-refractivity contribution < 1.29 is 68.9 Å². The molecule has 1 rings (SSSR count). The SMILES string of the molecule is Fc1[c-]cccc1C(F)(F)F.[K+]. The van der Waals surface area contributed by atoms with E-state index >= 15 is 0 Å². The maximum Gasteiger partial charge on any atom is 1.00 e. The minimum atomic E-state index is -4.62. The van der Waals surface area contributed by atoms with E-state index in [1.54, 1.807) is 0 Å². The van der Waals surface area contributed by atoms with E-state index in [0.29, 0.717) is 6.07 Å². The summed E-state index contributed by atoms with van der Waals surface area (Å²) in [5, 5.41) is 0. The Morgan fingerprint density at radius 1 is 1.25 bits per heavy atom. The molecule has 0 bridgehead atoms. The van der Waals surface area contributed by atoms with Crippen molar-refractivity contribution >= 4 is 0 Å². The van der Waals surface area contributed by atoms with Crippen molar-refractivity contribution in [1.29, 1.82) is 0 Å². The Kier molecular flexibility index (Phi) is 4.94. The smallest absolute Gasteiger partial charge is 0.236 e. The van der Waals surface area contributed by atoms with E-state index in [0.717, 1.165) is 12.1 Å². The zero-order chi connectivity index (χ0) is 8.48. The van der Waals surface area contributed by atoms with Crippen molar-refractivity contribution in [2.24, 2.45) is 0 Å². The van der Waals surface area contributed by atoms with Gasteiger partial charge in [-0.1, -0.05) is 0 Å². The Balaban J connectivity index is 0.00000121. The second kappa shape index (κ2) is 4.71. The molecule has 0 N–H and O–H groups in total. The Bertz CT molecular complexity index is 256. The van der Waals surface area contributed by atoms with E-state index < -0.39 is 17.6 Å². The number of hydrogen-bond acceptors (Lipinski definition) is 0. The molecule has 0 aliphatic heterocycles. The largest absolute Gasteiger partial charge is 1.00 e. The quantitative estimate of drug-likeness (QED) is 0.306. The molecule has 5 heteroatoms. The van der Waals surface area contributed by atoms with Gasteiger partial charge in [0.05, 0.1) is 0 Å². The first kappa shape index (κ1) is 12.6. The van der Waals surface area contributed by atoms with Crippen LogP contribution in [0, 0.1) is 11.9 Å². The van der Waals surface area contributed by atoms with Gasteiger partial charge in [0.25, 0.3) is 0 Å². The topological polar surface area (TPSA) is 0 Å². The summed E-state index contributed by atoms with van der Waals surface area (Å²) in [5.74, 6) is -1.36.